The number of hydrogen-bond acceptors (Lipinski definition) is 7. The maximum Gasteiger partial charge on any atom is 0.280 e. The molecule has 1 saturated heterocycles. The van der Waals surface area contributed by atoms with Gasteiger partial charge in [-0.05, 0) is 30.0 Å². The first kappa shape index (κ1) is 19.3. The lowest BCUT2D eigenvalue weighted by Crippen LogP contribution is -2.29. The van der Waals surface area contributed by atoms with Crippen LogP contribution >= 0.6 is 11.3 Å². The second kappa shape index (κ2) is 7.51. The van der Waals surface area contributed by atoms with E-state index in [9.17, 15) is 13.2 Å². The molecular weight excluding hydrogens is 424 g/mol. The highest BCUT2D eigenvalue weighted by molar-refractivity contribution is 7.91. The largest absolute Gasteiger partial charge is 0.492 e. The minimum Gasteiger partial charge on any atom is -0.492 e. The molecule has 0 saturated carbocycles. The summed E-state index contributed by atoms with van der Waals surface area (Å²) in [5, 5.41) is 10.1. The molecule has 1 unspecified atom stereocenters. The predicted molar refractivity (Wildman–Crippen MR) is 113 cm³/mol. The summed E-state index contributed by atoms with van der Waals surface area (Å²) in [6.07, 6.45) is 4.85. The summed E-state index contributed by atoms with van der Waals surface area (Å²) >= 11 is 1.37. The molecule has 3 aromatic rings. The van der Waals surface area contributed by atoms with Crippen LogP contribution in [-0.2, 0) is 16.3 Å². The molecular formula is C20H20N4O4S2. The molecule has 2 aliphatic heterocycles. The molecule has 10 heteroatoms. The van der Waals surface area contributed by atoms with E-state index in [0.717, 1.165) is 33.0 Å². The van der Waals surface area contributed by atoms with E-state index in [0.29, 0.717) is 31.0 Å². The van der Waals surface area contributed by atoms with E-state index in [4.69, 9.17) is 4.74 Å². The van der Waals surface area contributed by atoms with Crippen molar-refractivity contribution < 1.29 is 17.9 Å². The van der Waals surface area contributed by atoms with E-state index >= 15 is 0 Å². The van der Waals surface area contributed by atoms with Crippen LogP contribution in [0.5, 0.6) is 5.75 Å². The smallest absolute Gasteiger partial charge is 0.280 e. The fourth-order valence-electron chi connectivity index (χ4n) is 3.85. The van der Waals surface area contributed by atoms with Gasteiger partial charge in [0.25, 0.3) is 5.91 Å². The van der Waals surface area contributed by atoms with Gasteiger partial charge >= 0.3 is 0 Å². The zero-order valence-electron chi connectivity index (χ0n) is 16.1. The molecule has 2 aromatic heterocycles. The van der Waals surface area contributed by atoms with Crippen molar-refractivity contribution in [3.05, 3.63) is 40.5 Å². The summed E-state index contributed by atoms with van der Waals surface area (Å²) < 4.78 is 29.1. The van der Waals surface area contributed by atoms with Crippen LogP contribution in [-0.4, -0.2) is 54.2 Å². The van der Waals surface area contributed by atoms with Crippen LogP contribution in [0, 0.1) is 5.92 Å². The normalized spacial score (nSPS) is 19.4. The van der Waals surface area contributed by atoms with Gasteiger partial charge in [0.2, 0.25) is 0 Å². The number of hydrogen-bond donors (Lipinski definition) is 2. The molecule has 30 heavy (non-hydrogen) atoms. The first-order valence-corrected chi connectivity index (χ1v) is 12.4. The molecule has 2 aliphatic rings. The van der Waals surface area contributed by atoms with Crippen molar-refractivity contribution in [2.24, 2.45) is 5.92 Å². The van der Waals surface area contributed by atoms with Gasteiger partial charge in [0, 0.05) is 35.2 Å². The van der Waals surface area contributed by atoms with E-state index in [1.807, 2.05) is 24.4 Å². The van der Waals surface area contributed by atoms with E-state index in [-0.39, 0.29) is 23.3 Å². The lowest BCUT2D eigenvalue weighted by Gasteiger charge is -2.09. The zero-order chi connectivity index (χ0) is 20.7. The van der Waals surface area contributed by atoms with Crippen LogP contribution in [0.15, 0.2) is 30.6 Å². The Morgan fingerprint density at radius 2 is 2.23 bits per heavy atom. The Balaban J connectivity index is 1.37. The van der Waals surface area contributed by atoms with Crippen LogP contribution in [0.3, 0.4) is 0 Å². The summed E-state index contributed by atoms with van der Waals surface area (Å²) in [5.74, 6) is 0.810. The number of nitrogens with one attached hydrogen (secondary N) is 2. The Morgan fingerprint density at radius 1 is 1.33 bits per heavy atom. The zero-order valence-corrected chi connectivity index (χ0v) is 17.7. The average Bonchev–Trinajstić information content (AvgIpc) is 3.45. The van der Waals surface area contributed by atoms with Gasteiger partial charge in [0.1, 0.15) is 5.75 Å². The van der Waals surface area contributed by atoms with E-state index in [2.05, 4.69) is 20.5 Å². The average molecular weight is 445 g/mol. The van der Waals surface area contributed by atoms with Crippen LogP contribution in [0.25, 0.3) is 22.4 Å². The Labute approximate surface area is 177 Å². The molecule has 5 rings (SSSR count). The van der Waals surface area contributed by atoms with Crippen molar-refractivity contribution in [2.45, 2.75) is 12.8 Å². The molecule has 2 N–H and O–H groups in total. The maximum absolute atomic E-state index is 12.6. The van der Waals surface area contributed by atoms with Gasteiger partial charge in [-0.25, -0.2) is 13.4 Å². The molecule has 0 spiro atoms. The predicted octanol–water partition coefficient (Wildman–Crippen LogP) is 2.30. The maximum atomic E-state index is 12.6. The van der Waals surface area contributed by atoms with Gasteiger partial charge in [-0.2, -0.15) is 5.10 Å². The van der Waals surface area contributed by atoms with Gasteiger partial charge in [-0.15, -0.1) is 11.3 Å². The molecule has 1 fully saturated rings. The van der Waals surface area contributed by atoms with Crippen LogP contribution in [0.2, 0.25) is 0 Å². The SMILES string of the molecule is O=C(NCC1CCS(=O)(=O)C1)c1nc2c(s1)CCOc1cc(-c3cn[nH]c3)ccc1-2. The quantitative estimate of drug-likeness (QED) is 0.638. The second-order valence-corrected chi connectivity index (χ2v) is 10.9. The van der Waals surface area contributed by atoms with Gasteiger partial charge in [0.15, 0.2) is 14.8 Å². The summed E-state index contributed by atoms with van der Waals surface area (Å²) in [5.41, 5.74) is 3.61. The third-order valence-corrected chi connectivity index (χ3v) is 8.38. The van der Waals surface area contributed by atoms with Crippen molar-refractivity contribution in [3.63, 3.8) is 0 Å². The van der Waals surface area contributed by atoms with Crippen molar-refractivity contribution in [3.8, 4) is 28.1 Å². The van der Waals surface area contributed by atoms with Crippen LogP contribution in [0.1, 0.15) is 21.1 Å². The highest BCUT2D eigenvalue weighted by atomic mass is 32.2. The number of rotatable bonds is 4. The summed E-state index contributed by atoms with van der Waals surface area (Å²) in [4.78, 5) is 18.3. The Morgan fingerprint density at radius 3 is 3.00 bits per heavy atom. The number of ether oxygens (including phenoxy) is 1. The topological polar surface area (TPSA) is 114 Å². The first-order chi connectivity index (χ1) is 14.5. The highest BCUT2D eigenvalue weighted by Crippen LogP contribution is 2.39. The van der Waals surface area contributed by atoms with Gasteiger partial charge < -0.3 is 10.1 Å². The number of thiazole rings is 1. The monoisotopic (exact) mass is 444 g/mol. The number of carbonyl (C=O) groups is 1. The van der Waals surface area contributed by atoms with E-state index in [1.54, 1.807) is 6.20 Å². The number of H-pyrrole nitrogens is 1. The molecule has 156 valence electrons. The molecule has 1 atom stereocenters. The Bertz CT molecular complexity index is 1200. The number of aromatic amines is 1. The van der Waals surface area contributed by atoms with E-state index < -0.39 is 9.84 Å². The van der Waals surface area contributed by atoms with Gasteiger partial charge in [-0.1, -0.05) is 6.07 Å². The summed E-state index contributed by atoms with van der Waals surface area (Å²) in [6.45, 7) is 0.869. The van der Waals surface area contributed by atoms with Gasteiger partial charge in [-0.3, -0.25) is 9.89 Å². The minimum absolute atomic E-state index is 0.0211. The lowest BCUT2D eigenvalue weighted by atomic mass is 10.0. The van der Waals surface area contributed by atoms with Crippen LogP contribution < -0.4 is 10.1 Å². The summed E-state index contributed by atoms with van der Waals surface area (Å²) in [7, 11) is -2.95. The third kappa shape index (κ3) is 3.72. The fourth-order valence-corrected chi connectivity index (χ4v) is 6.69. The molecule has 0 radical (unpaired) electrons. The number of fused-ring (bicyclic) bond motifs is 3. The van der Waals surface area contributed by atoms with Crippen LogP contribution in [0.4, 0.5) is 0 Å². The second-order valence-electron chi connectivity index (χ2n) is 7.57. The third-order valence-electron chi connectivity index (χ3n) is 5.42. The Hall–Kier alpha value is -2.72. The number of sulfone groups is 1. The number of carbonyl (C=O) groups excluding carboxylic acids is 1. The number of benzene rings is 1. The highest BCUT2D eigenvalue weighted by Gasteiger charge is 2.29. The number of aromatic nitrogens is 3. The molecule has 8 nitrogen and oxygen atoms in total. The lowest BCUT2D eigenvalue weighted by molar-refractivity contribution is 0.0948. The molecule has 1 amide bonds. The standard InChI is InChI=1S/C20H20N4O4S2/c25-19(21-8-12-4-6-30(26,27)11-12)20-24-18-15-2-1-13(14-9-22-23-10-14)7-16(15)28-5-3-17(18)29-20/h1-2,7,9-10,12H,3-6,8,11H2,(H,21,25)(H,22,23). The van der Waals surface area contributed by atoms with Crippen molar-refractivity contribution in [1.29, 1.82) is 0 Å². The number of nitrogens with zero attached hydrogens (tertiary/aromatic N) is 2. The van der Waals surface area contributed by atoms with E-state index in [1.165, 1.54) is 11.3 Å². The summed E-state index contributed by atoms with van der Waals surface area (Å²) in [6, 6.07) is 5.92. The molecule has 0 bridgehead atoms. The van der Waals surface area contributed by atoms with Gasteiger partial charge in [0.05, 0.1) is 30.0 Å². The van der Waals surface area contributed by atoms with Crippen molar-refractivity contribution >= 4 is 27.1 Å². The first-order valence-electron chi connectivity index (χ1n) is 9.73. The molecule has 1 aromatic carbocycles. The number of amides is 1. The van der Waals surface area contributed by atoms with Crippen molar-refractivity contribution in [1.82, 2.24) is 20.5 Å². The molecule has 0 aliphatic carbocycles. The Kier molecular flexibility index (Phi) is 4.82. The molecule has 4 heterocycles. The van der Waals surface area contributed by atoms with Crippen molar-refractivity contribution in [2.75, 3.05) is 24.7 Å². The fraction of sp³-hybridized carbons (Fsp3) is 0.350. The minimum atomic E-state index is -2.95.